The average Bonchev–Trinajstić information content (AvgIpc) is 2.80. The van der Waals surface area contributed by atoms with Gasteiger partial charge in [-0.3, -0.25) is 0 Å². The minimum Gasteiger partial charge on any atom is -0.493 e. The highest BCUT2D eigenvalue weighted by atomic mass is 16.5. The number of aliphatic hydroxyl groups excluding tert-OH is 2. The molecule has 0 spiro atoms. The van der Waals surface area contributed by atoms with E-state index >= 15 is 0 Å². The van der Waals surface area contributed by atoms with Gasteiger partial charge in [0.25, 0.3) is 0 Å². The maximum absolute atomic E-state index is 10.7. The van der Waals surface area contributed by atoms with Crippen molar-refractivity contribution >= 4 is 0 Å². The molecule has 4 rings (SSSR count). The molecule has 0 amide bonds. The fraction of sp³-hybridized carbons (Fsp3) is 0.250. The molecule has 1 aliphatic heterocycles. The maximum Gasteiger partial charge on any atom is 0.161 e. The van der Waals surface area contributed by atoms with Gasteiger partial charge in [-0.05, 0) is 35.4 Å². The molecule has 3 atom stereocenters. The second kappa shape index (κ2) is 8.65. The highest BCUT2D eigenvalue weighted by Crippen LogP contribution is 2.44. The summed E-state index contributed by atoms with van der Waals surface area (Å²) < 4.78 is 22.6. The third kappa shape index (κ3) is 3.92. The lowest BCUT2D eigenvalue weighted by atomic mass is 9.92. The largest absolute Gasteiger partial charge is 0.493 e. The Morgan fingerprint density at radius 1 is 0.867 bits per heavy atom. The van der Waals surface area contributed by atoms with Crippen molar-refractivity contribution in [1.82, 2.24) is 0 Å². The van der Waals surface area contributed by atoms with Crippen LogP contribution in [-0.2, 0) is 6.61 Å². The van der Waals surface area contributed by atoms with Gasteiger partial charge in [-0.25, -0.2) is 0 Å². The minimum absolute atomic E-state index is 0.421. The van der Waals surface area contributed by atoms with Crippen LogP contribution in [0.2, 0.25) is 0 Å². The summed E-state index contributed by atoms with van der Waals surface area (Å²) in [5, 5.41) is 21.3. The van der Waals surface area contributed by atoms with Crippen molar-refractivity contribution in [2.75, 3.05) is 14.2 Å². The summed E-state index contributed by atoms with van der Waals surface area (Å²) in [4.78, 5) is 0. The number of methoxy groups -OCH3 is 2. The molecule has 0 bridgehead atoms. The summed E-state index contributed by atoms with van der Waals surface area (Å²) in [5.41, 5.74) is 2.24. The van der Waals surface area contributed by atoms with E-state index in [4.69, 9.17) is 18.9 Å². The van der Waals surface area contributed by atoms with Crippen molar-refractivity contribution in [2.45, 2.75) is 24.9 Å². The van der Waals surface area contributed by atoms with Gasteiger partial charge in [-0.1, -0.05) is 36.4 Å². The van der Waals surface area contributed by atoms with Crippen LogP contribution in [0.4, 0.5) is 0 Å². The molecule has 1 heterocycles. The van der Waals surface area contributed by atoms with Crippen molar-refractivity contribution in [3.63, 3.8) is 0 Å². The zero-order chi connectivity index (χ0) is 21.1. The van der Waals surface area contributed by atoms with E-state index < -0.39 is 18.3 Å². The molecule has 2 N–H and O–H groups in total. The van der Waals surface area contributed by atoms with E-state index in [0.29, 0.717) is 40.7 Å². The Labute approximate surface area is 175 Å². The van der Waals surface area contributed by atoms with Gasteiger partial charge in [-0.2, -0.15) is 0 Å². The second-order valence-electron chi connectivity index (χ2n) is 7.06. The van der Waals surface area contributed by atoms with E-state index in [9.17, 15) is 10.2 Å². The Morgan fingerprint density at radius 2 is 1.63 bits per heavy atom. The summed E-state index contributed by atoms with van der Waals surface area (Å²) in [5.74, 6) is 2.18. The van der Waals surface area contributed by atoms with E-state index in [-0.39, 0.29) is 0 Å². The average molecular weight is 408 g/mol. The maximum atomic E-state index is 10.7. The predicted molar refractivity (Wildman–Crippen MR) is 111 cm³/mol. The normalized spacial score (nSPS) is 20.1. The molecule has 3 aromatic carbocycles. The molecule has 30 heavy (non-hydrogen) atoms. The van der Waals surface area contributed by atoms with E-state index in [1.807, 2.05) is 30.3 Å². The quantitative estimate of drug-likeness (QED) is 0.646. The monoisotopic (exact) mass is 408 g/mol. The summed E-state index contributed by atoms with van der Waals surface area (Å²) in [7, 11) is 3.10. The van der Waals surface area contributed by atoms with E-state index in [2.05, 4.69) is 0 Å². The van der Waals surface area contributed by atoms with E-state index in [0.717, 1.165) is 5.56 Å². The number of fused-ring (bicyclic) bond motifs is 1. The van der Waals surface area contributed by atoms with Crippen LogP contribution < -0.4 is 18.9 Å². The van der Waals surface area contributed by atoms with Gasteiger partial charge in [0.2, 0.25) is 0 Å². The van der Waals surface area contributed by atoms with Crippen LogP contribution >= 0.6 is 0 Å². The number of hydrogen-bond donors (Lipinski definition) is 2. The fourth-order valence-corrected chi connectivity index (χ4v) is 3.54. The number of ether oxygens (including phenoxy) is 4. The second-order valence-corrected chi connectivity index (χ2v) is 7.06. The molecular formula is C24H24O6. The first kappa shape index (κ1) is 20.1. The molecule has 6 nitrogen and oxygen atoms in total. The first-order chi connectivity index (χ1) is 14.6. The number of benzene rings is 3. The van der Waals surface area contributed by atoms with Gasteiger partial charge < -0.3 is 29.2 Å². The van der Waals surface area contributed by atoms with E-state index in [1.54, 1.807) is 50.6 Å². The highest BCUT2D eigenvalue weighted by Gasteiger charge is 2.37. The highest BCUT2D eigenvalue weighted by molar-refractivity contribution is 5.47. The lowest BCUT2D eigenvalue weighted by molar-refractivity contribution is -0.0701. The molecule has 0 saturated carbocycles. The van der Waals surface area contributed by atoms with Gasteiger partial charge in [0.15, 0.2) is 17.6 Å². The van der Waals surface area contributed by atoms with E-state index in [1.165, 1.54) is 0 Å². The number of hydrogen-bond acceptors (Lipinski definition) is 6. The van der Waals surface area contributed by atoms with Crippen LogP contribution in [0.3, 0.4) is 0 Å². The van der Waals surface area contributed by atoms with Crippen LogP contribution in [0.15, 0.2) is 66.7 Å². The van der Waals surface area contributed by atoms with Crippen LogP contribution in [0.5, 0.6) is 23.0 Å². The van der Waals surface area contributed by atoms with Gasteiger partial charge in [0.1, 0.15) is 30.3 Å². The van der Waals surface area contributed by atoms with Crippen molar-refractivity contribution in [3.05, 3.63) is 83.4 Å². The first-order valence-electron chi connectivity index (χ1n) is 9.66. The Bertz CT molecular complexity index is 1000. The number of rotatable bonds is 6. The Morgan fingerprint density at radius 3 is 2.37 bits per heavy atom. The minimum atomic E-state index is -1.13. The lowest BCUT2D eigenvalue weighted by Gasteiger charge is -2.34. The zero-order valence-electron chi connectivity index (χ0n) is 16.8. The smallest absolute Gasteiger partial charge is 0.161 e. The Hall–Kier alpha value is -3.22. The Balaban J connectivity index is 1.58. The Kier molecular flexibility index (Phi) is 5.79. The summed E-state index contributed by atoms with van der Waals surface area (Å²) in [6.45, 7) is 0.421. The molecule has 0 fully saturated rings. The first-order valence-corrected chi connectivity index (χ1v) is 9.66. The van der Waals surface area contributed by atoms with Gasteiger partial charge >= 0.3 is 0 Å². The van der Waals surface area contributed by atoms with Gasteiger partial charge in [0.05, 0.1) is 14.2 Å². The van der Waals surface area contributed by atoms with Crippen molar-refractivity contribution < 1.29 is 29.2 Å². The summed E-state index contributed by atoms with van der Waals surface area (Å²) >= 11 is 0. The molecule has 156 valence electrons. The lowest BCUT2D eigenvalue weighted by Crippen LogP contribution is -2.34. The van der Waals surface area contributed by atoms with Crippen molar-refractivity contribution in [2.24, 2.45) is 0 Å². The predicted octanol–water partition coefficient (Wildman–Crippen LogP) is 3.81. The van der Waals surface area contributed by atoms with Crippen molar-refractivity contribution in [3.8, 4) is 23.0 Å². The van der Waals surface area contributed by atoms with Crippen molar-refractivity contribution in [1.29, 1.82) is 0 Å². The molecule has 0 radical (unpaired) electrons. The molecule has 1 aliphatic rings. The molecule has 6 heteroatoms. The van der Waals surface area contributed by atoms with Crippen LogP contribution in [-0.4, -0.2) is 30.5 Å². The molecule has 0 saturated heterocycles. The molecule has 0 aromatic heterocycles. The topological polar surface area (TPSA) is 77.4 Å². The fourth-order valence-electron chi connectivity index (χ4n) is 3.54. The molecule has 0 unspecified atom stereocenters. The molecular weight excluding hydrogens is 384 g/mol. The van der Waals surface area contributed by atoms with Crippen LogP contribution in [0.1, 0.15) is 28.9 Å². The summed E-state index contributed by atoms with van der Waals surface area (Å²) in [6, 6.07) is 20.3. The molecule has 3 aromatic rings. The van der Waals surface area contributed by atoms with Crippen LogP contribution in [0, 0.1) is 0 Å². The SMILES string of the molecule is COc1ccc([C@H]2Oc3cc(OCc4ccccc4)ccc3[C@H](O)[C@@H]2O)cc1OC. The molecule has 0 aliphatic carbocycles. The van der Waals surface area contributed by atoms with Gasteiger partial charge in [-0.15, -0.1) is 0 Å². The van der Waals surface area contributed by atoms with Crippen LogP contribution in [0.25, 0.3) is 0 Å². The third-order valence-corrected chi connectivity index (χ3v) is 5.18. The zero-order valence-corrected chi connectivity index (χ0v) is 16.8. The number of aliphatic hydroxyl groups is 2. The summed E-state index contributed by atoms with van der Waals surface area (Å²) in [6.07, 6.45) is -2.99. The third-order valence-electron chi connectivity index (χ3n) is 5.18. The standard InChI is InChI=1S/C24H24O6/c1-27-19-11-8-16(12-21(19)28-2)24-23(26)22(25)18-10-9-17(13-20(18)30-24)29-14-15-6-4-3-5-7-15/h3-13,22-26H,14H2,1-2H3/t22-,23-,24+/m0/s1. The van der Waals surface area contributed by atoms with Gasteiger partial charge in [0, 0.05) is 11.6 Å².